The van der Waals surface area contributed by atoms with Crippen LogP contribution < -0.4 is 5.32 Å². The van der Waals surface area contributed by atoms with Crippen molar-refractivity contribution >= 4 is 5.97 Å². The largest absolute Gasteiger partial charge is 0.457 e. The minimum absolute atomic E-state index is 0.182. The molecule has 1 saturated heterocycles. The van der Waals surface area contributed by atoms with Crippen LogP contribution in [0.2, 0.25) is 0 Å². The predicted molar refractivity (Wildman–Crippen MR) is 115 cm³/mol. The zero-order valence-corrected chi connectivity index (χ0v) is 18.0. The lowest BCUT2D eigenvalue weighted by molar-refractivity contribution is 0.0535. The average Bonchev–Trinajstić information content (AvgIpc) is 3.37. The van der Waals surface area contributed by atoms with Gasteiger partial charge in [-0.3, -0.25) is 4.90 Å². The molecular weight excluding hydrogens is 406 g/mol. The second kappa shape index (κ2) is 8.15. The number of piperazine rings is 1. The summed E-state index contributed by atoms with van der Waals surface area (Å²) in [5.41, 5.74) is 6.22. The van der Waals surface area contributed by atoms with E-state index in [0.29, 0.717) is 23.8 Å². The summed E-state index contributed by atoms with van der Waals surface area (Å²) in [6.45, 7) is 7.65. The van der Waals surface area contributed by atoms with Gasteiger partial charge in [0.15, 0.2) is 5.69 Å². The molecule has 162 valence electrons. The van der Waals surface area contributed by atoms with Crippen LogP contribution >= 0.6 is 0 Å². The molecule has 0 bridgehead atoms. The topological polar surface area (TPSA) is 109 Å². The number of esters is 1. The number of nitriles is 1. The average molecular weight is 429 g/mol. The lowest BCUT2D eigenvalue weighted by Crippen LogP contribution is -2.45. The highest BCUT2D eigenvalue weighted by Crippen LogP contribution is 2.30. The van der Waals surface area contributed by atoms with Crippen molar-refractivity contribution in [2.45, 2.75) is 33.0 Å². The first-order chi connectivity index (χ1) is 15.5. The molecule has 2 aromatic heterocycles. The molecule has 0 aliphatic carbocycles. The van der Waals surface area contributed by atoms with Gasteiger partial charge in [-0.1, -0.05) is 6.07 Å². The molecule has 5 rings (SSSR count). The Labute approximate surface area is 185 Å². The molecule has 1 unspecified atom stereocenters. The fourth-order valence-electron chi connectivity index (χ4n) is 4.39. The van der Waals surface area contributed by atoms with Crippen molar-refractivity contribution in [2.24, 2.45) is 0 Å². The fraction of sp³-hybridized carbons (Fsp3) is 0.348. The molecule has 0 saturated carbocycles. The molecule has 2 aliphatic rings. The van der Waals surface area contributed by atoms with Crippen molar-refractivity contribution in [1.29, 1.82) is 5.26 Å². The number of hydrogen-bond acceptors (Lipinski definition) is 8. The Morgan fingerprint density at radius 3 is 2.84 bits per heavy atom. The van der Waals surface area contributed by atoms with Gasteiger partial charge in [0.2, 0.25) is 5.95 Å². The molecule has 2 aliphatic heterocycles. The van der Waals surface area contributed by atoms with Crippen molar-refractivity contribution in [1.82, 2.24) is 30.0 Å². The van der Waals surface area contributed by atoms with Crippen LogP contribution in [-0.4, -0.2) is 50.3 Å². The normalized spacial score (nSPS) is 18.3. The molecule has 0 radical (unpaired) electrons. The fourth-order valence-corrected chi connectivity index (χ4v) is 4.39. The smallest absolute Gasteiger partial charge is 0.338 e. The Balaban J connectivity index is 1.29. The van der Waals surface area contributed by atoms with Crippen molar-refractivity contribution in [2.75, 3.05) is 19.6 Å². The van der Waals surface area contributed by atoms with Gasteiger partial charge in [-0.05, 0) is 31.0 Å². The minimum Gasteiger partial charge on any atom is -0.457 e. The highest BCUT2D eigenvalue weighted by Gasteiger charge is 2.28. The Morgan fingerprint density at radius 1 is 1.28 bits per heavy atom. The van der Waals surface area contributed by atoms with Gasteiger partial charge in [0.25, 0.3) is 0 Å². The maximum absolute atomic E-state index is 11.8. The zero-order chi connectivity index (χ0) is 22.2. The van der Waals surface area contributed by atoms with Crippen LogP contribution in [0.15, 0.2) is 30.7 Å². The molecular formula is C23H23N7O2. The molecule has 4 heterocycles. The number of carbonyl (C=O) groups is 1. The van der Waals surface area contributed by atoms with Crippen molar-refractivity contribution in [3.63, 3.8) is 0 Å². The number of ether oxygens (including phenoxy) is 1. The minimum atomic E-state index is -0.231. The molecule has 1 N–H and O–H groups in total. The predicted octanol–water partition coefficient (Wildman–Crippen LogP) is 1.97. The molecule has 0 spiro atoms. The summed E-state index contributed by atoms with van der Waals surface area (Å²) in [7, 11) is 0. The monoisotopic (exact) mass is 429 g/mol. The molecule has 9 heteroatoms. The van der Waals surface area contributed by atoms with E-state index in [1.165, 1.54) is 10.2 Å². The number of nitrogens with one attached hydrogen (secondary N) is 1. The summed E-state index contributed by atoms with van der Waals surface area (Å²) < 4.78 is 6.73. The zero-order valence-electron chi connectivity index (χ0n) is 18.0. The molecule has 32 heavy (non-hydrogen) atoms. The lowest BCUT2D eigenvalue weighted by atomic mass is 9.93. The van der Waals surface area contributed by atoms with Gasteiger partial charge >= 0.3 is 5.97 Å². The maximum Gasteiger partial charge on any atom is 0.338 e. The first-order valence-electron chi connectivity index (χ1n) is 10.6. The van der Waals surface area contributed by atoms with E-state index in [2.05, 4.69) is 38.3 Å². The van der Waals surface area contributed by atoms with E-state index < -0.39 is 0 Å². The quantitative estimate of drug-likeness (QED) is 0.627. The Morgan fingerprint density at radius 2 is 2.09 bits per heavy atom. The third-order valence-electron chi connectivity index (χ3n) is 6.15. The highest BCUT2D eigenvalue weighted by molar-refractivity contribution is 5.94. The van der Waals surface area contributed by atoms with Crippen molar-refractivity contribution in [3.8, 4) is 12.0 Å². The number of hydrogen-bond donors (Lipinski definition) is 1. The van der Waals surface area contributed by atoms with Gasteiger partial charge in [0.05, 0.1) is 5.56 Å². The number of nitrogens with zero attached hydrogens (tertiary/aromatic N) is 6. The summed E-state index contributed by atoms with van der Waals surface area (Å²) in [5.74, 6) is 0.215. The van der Waals surface area contributed by atoms with E-state index in [-0.39, 0.29) is 12.0 Å². The first-order valence-corrected chi connectivity index (χ1v) is 10.6. The van der Waals surface area contributed by atoms with E-state index >= 15 is 0 Å². The van der Waals surface area contributed by atoms with Crippen molar-refractivity contribution in [3.05, 3.63) is 69.8 Å². The standard InChI is InChI=1S/C23H23N7O2/c1-14-10-30(28-20(14)7-24)23-26-8-16(9-27-23)11-29-6-5-25-21(12-29)17-3-4-18-19(15(17)2)13-32-22(18)31/h3-4,8-10,21,25H,5-6,11-13H2,1-2H3. The van der Waals surface area contributed by atoms with E-state index in [4.69, 9.17) is 10.00 Å². The van der Waals surface area contributed by atoms with E-state index in [9.17, 15) is 4.79 Å². The number of fused-ring (bicyclic) bond motifs is 1. The van der Waals surface area contributed by atoms with E-state index in [0.717, 1.165) is 48.4 Å². The van der Waals surface area contributed by atoms with Crippen LogP contribution in [0.3, 0.4) is 0 Å². The third-order valence-corrected chi connectivity index (χ3v) is 6.15. The van der Waals surface area contributed by atoms with Gasteiger partial charge in [-0.2, -0.15) is 10.4 Å². The number of benzene rings is 1. The SMILES string of the molecule is Cc1cn(-c2ncc(CN3CCNC(c4ccc5c(c4C)COC5=O)C3)cn2)nc1C#N. The summed E-state index contributed by atoms with van der Waals surface area (Å²) in [6, 6.07) is 6.17. The number of carbonyl (C=O) groups excluding carboxylic acids is 1. The number of cyclic esters (lactones) is 1. The summed E-state index contributed by atoms with van der Waals surface area (Å²) in [6.07, 6.45) is 5.38. The number of aryl methyl sites for hydroxylation is 1. The van der Waals surface area contributed by atoms with Gasteiger partial charge in [-0.25, -0.2) is 19.4 Å². The summed E-state index contributed by atoms with van der Waals surface area (Å²) >= 11 is 0. The first kappa shape index (κ1) is 20.3. The summed E-state index contributed by atoms with van der Waals surface area (Å²) in [4.78, 5) is 23.1. The second-order valence-corrected chi connectivity index (χ2v) is 8.23. The second-order valence-electron chi connectivity index (χ2n) is 8.23. The Bertz CT molecular complexity index is 1230. The molecule has 1 aromatic carbocycles. The number of aromatic nitrogens is 4. The van der Waals surface area contributed by atoms with Gasteiger partial charge in [-0.15, -0.1) is 0 Å². The van der Waals surface area contributed by atoms with Gasteiger partial charge in [0, 0.05) is 67.5 Å². The van der Waals surface area contributed by atoms with Crippen LogP contribution in [0.25, 0.3) is 5.95 Å². The van der Waals surface area contributed by atoms with E-state index in [1.807, 2.05) is 31.5 Å². The highest BCUT2D eigenvalue weighted by atomic mass is 16.5. The Hall–Kier alpha value is -3.61. The number of rotatable bonds is 4. The van der Waals surface area contributed by atoms with Gasteiger partial charge in [0.1, 0.15) is 12.7 Å². The lowest BCUT2D eigenvalue weighted by Gasteiger charge is -2.34. The third kappa shape index (κ3) is 3.64. The molecule has 1 atom stereocenters. The van der Waals surface area contributed by atoms with Crippen LogP contribution in [0.5, 0.6) is 0 Å². The Kier molecular flexibility index (Phi) is 5.17. The molecule has 3 aromatic rings. The van der Waals surface area contributed by atoms with E-state index in [1.54, 1.807) is 6.20 Å². The maximum atomic E-state index is 11.8. The van der Waals surface area contributed by atoms with Crippen molar-refractivity contribution < 1.29 is 9.53 Å². The van der Waals surface area contributed by atoms with Crippen LogP contribution in [0.1, 0.15) is 49.9 Å². The van der Waals surface area contributed by atoms with Gasteiger partial charge < -0.3 is 10.1 Å². The van der Waals surface area contributed by atoms with Crippen LogP contribution in [0, 0.1) is 25.2 Å². The molecule has 9 nitrogen and oxygen atoms in total. The van der Waals surface area contributed by atoms with Crippen LogP contribution in [0.4, 0.5) is 0 Å². The van der Waals surface area contributed by atoms with Crippen LogP contribution in [-0.2, 0) is 17.9 Å². The summed E-state index contributed by atoms with van der Waals surface area (Å²) in [5, 5.41) is 16.9. The molecule has 1 fully saturated rings. The molecule has 0 amide bonds.